The van der Waals surface area contributed by atoms with Gasteiger partial charge in [0.05, 0.1) is 19.8 Å². The molecule has 7 heteroatoms. The molecule has 0 heterocycles. The van der Waals surface area contributed by atoms with E-state index >= 15 is 0 Å². The molecule has 0 radical (unpaired) electrons. The van der Waals surface area contributed by atoms with Gasteiger partial charge in [-0.2, -0.15) is 13.2 Å². The lowest BCUT2D eigenvalue weighted by molar-refractivity contribution is -0.147. The summed E-state index contributed by atoms with van der Waals surface area (Å²) in [5, 5.41) is 8.79. The van der Waals surface area contributed by atoms with Crippen LogP contribution in [0.2, 0.25) is 0 Å². The summed E-state index contributed by atoms with van der Waals surface area (Å²) in [5.74, 6) is 1.06. The second kappa shape index (κ2) is 8.74. The third-order valence-corrected chi connectivity index (χ3v) is 2.63. The number of hydrogen-bond acceptors (Lipinski definition) is 4. The van der Waals surface area contributed by atoms with Crippen LogP contribution in [-0.4, -0.2) is 55.6 Å². The van der Waals surface area contributed by atoms with Gasteiger partial charge in [-0.25, -0.2) is 0 Å². The zero-order valence-electron chi connectivity index (χ0n) is 11.9. The molecule has 0 aromatic heterocycles. The summed E-state index contributed by atoms with van der Waals surface area (Å²) in [6.45, 7) is 1.03. The largest absolute Gasteiger partial charge is 0.490 e. The summed E-state index contributed by atoms with van der Waals surface area (Å²) in [7, 11) is 0. The van der Waals surface area contributed by atoms with Gasteiger partial charge in [0.15, 0.2) is 11.5 Å². The number of hydrogen-bond donors (Lipinski definition) is 1. The first-order valence-electron chi connectivity index (χ1n) is 6.71. The average Bonchev–Trinajstić information content (AvgIpc) is 2.39. The van der Waals surface area contributed by atoms with Crippen molar-refractivity contribution in [2.75, 3.05) is 39.5 Å². The highest BCUT2D eigenvalue weighted by molar-refractivity contribution is 5.39. The summed E-state index contributed by atoms with van der Waals surface area (Å²) in [4.78, 5) is 1.10. The third-order valence-electron chi connectivity index (χ3n) is 2.63. The molecule has 4 nitrogen and oxygen atoms in total. The molecule has 1 rings (SSSR count). The van der Waals surface area contributed by atoms with Gasteiger partial charge in [-0.15, -0.1) is 0 Å². The van der Waals surface area contributed by atoms with Crippen molar-refractivity contribution in [2.24, 2.45) is 0 Å². The van der Waals surface area contributed by atoms with Crippen LogP contribution in [0, 0.1) is 0 Å². The number of aliphatic hydroxyl groups is 1. The molecule has 0 aliphatic rings. The molecule has 0 aliphatic carbocycles. The van der Waals surface area contributed by atoms with Crippen LogP contribution in [0.1, 0.15) is 6.92 Å². The second-order valence-corrected chi connectivity index (χ2v) is 4.34. The first kappa shape index (κ1) is 17.6. The van der Waals surface area contributed by atoms with Crippen LogP contribution in [0.4, 0.5) is 13.2 Å². The number of benzene rings is 1. The van der Waals surface area contributed by atoms with Crippen LogP contribution >= 0.6 is 0 Å². The predicted molar refractivity (Wildman–Crippen MR) is 72.7 cm³/mol. The van der Waals surface area contributed by atoms with Crippen molar-refractivity contribution in [3.8, 4) is 11.5 Å². The fraction of sp³-hybridized carbons (Fsp3) is 0.571. The molecular weight excluding hydrogens is 287 g/mol. The SMILES string of the molecule is CCOc1ccccc1OCCN(CCO)CC(F)(F)F. The Bertz CT molecular complexity index is 413. The van der Waals surface area contributed by atoms with Gasteiger partial charge in [-0.05, 0) is 19.1 Å². The van der Waals surface area contributed by atoms with E-state index in [1.807, 2.05) is 6.92 Å². The third kappa shape index (κ3) is 7.19. The van der Waals surface area contributed by atoms with Crippen molar-refractivity contribution < 1.29 is 27.8 Å². The van der Waals surface area contributed by atoms with Crippen molar-refractivity contribution in [1.82, 2.24) is 4.90 Å². The minimum Gasteiger partial charge on any atom is -0.490 e. The summed E-state index contributed by atoms with van der Waals surface area (Å²) >= 11 is 0. The van der Waals surface area contributed by atoms with E-state index in [-0.39, 0.29) is 26.3 Å². The lowest BCUT2D eigenvalue weighted by atomic mass is 10.3. The maximum absolute atomic E-state index is 12.4. The highest BCUT2D eigenvalue weighted by Gasteiger charge is 2.30. The first-order valence-corrected chi connectivity index (χ1v) is 6.71. The van der Waals surface area contributed by atoms with Crippen molar-refractivity contribution in [3.63, 3.8) is 0 Å². The normalized spacial score (nSPS) is 11.7. The molecule has 0 saturated carbocycles. The molecule has 0 fully saturated rings. The Morgan fingerprint density at radius 1 is 1.10 bits per heavy atom. The Morgan fingerprint density at radius 2 is 1.71 bits per heavy atom. The van der Waals surface area contributed by atoms with Gasteiger partial charge in [-0.3, -0.25) is 4.90 Å². The molecule has 1 N–H and O–H groups in total. The summed E-state index contributed by atoms with van der Waals surface area (Å²) in [6, 6.07) is 6.99. The Morgan fingerprint density at radius 3 is 2.24 bits per heavy atom. The Balaban J connectivity index is 2.50. The number of rotatable bonds is 9. The van der Waals surface area contributed by atoms with Crippen LogP contribution in [0.25, 0.3) is 0 Å². The zero-order valence-corrected chi connectivity index (χ0v) is 11.9. The number of aliphatic hydroxyl groups excluding tert-OH is 1. The average molecular weight is 307 g/mol. The minimum atomic E-state index is -4.29. The second-order valence-electron chi connectivity index (χ2n) is 4.34. The molecule has 0 spiro atoms. The molecule has 0 atom stereocenters. The van der Waals surface area contributed by atoms with Gasteiger partial charge in [0, 0.05) is 13.1 Å². The minimum absolute atomic E-state index is 0.0457. The molecule has 21 heavy (non-hydrogen) atoms. The summed E-state index contributed by atoms with van der Waals surface area (Å²) in [5.41, 5.74) is 0. The highest BCUT2D eigenvalue weighted by Crippen LogP contribution is 2.26. The Kier molecular flexibility index (Phi) is 7.31. The van der Waals surface area contributed by atoms with Crippen LogP contribution in [-0.2, 0) is 0 Å². The van der Waals surface area contributed by atoms with E-state index in [1.165, 1.54) is 0 Å². The smallest absolute Gasteiger partial charge is 0.401 e. The molecule has 0 amide bonds. The summed E-state index contributed by atoms with van der Waals surface area (Å²) in [6.07, 6.45) is -4.29. The number of alkyl halides is 3. The molecule has 1 aromatic carbocycles. The van der Waals surface area contributed by atoms with Gasteiger partial charge in [0.25, 0.3) is 0 Å². The van der Waals surface area contributed by atoms with E-state index in [0.717, 1.165) is 4.90 Å². The fourth-order valence-electron chi connectivity index (χ4n) is 1.79. The highest BCUT2D eigenvalue weighted by atomic mass is 19.4. The predicted octanol–water partition coefficient (Wildman–Crippen LogP) is 2.32. The van der Waals surface area contributed by atoms with E-state index in [1.54, 1.807) is 24.3 Å². The number of para-hydroxylation sites is 2. The molecule has 0 unspecified atom stereocenters. The lowest BCUT2D eigenvalue weighted by Crippen LogP contribution is -2.38. The van der Waals surface area contributed by atoms with Crippen molar-refractivity contribution in [3.05, 3.63) is 24.3 Å². The van der Waals surface area contributed by atoms with E-state index in [2.05, 4.69) is 0 Å². The molecule has 0 bridgehead atoms. The maximum atomic E-state index is 12.4. The van der Waals surface area contributed by atoms with Crippen LogP contribution in [0.15, 0.2) is 24.3 Å². The fourth-order valence-corrected chi connectivity index (χ4v) is 1.79. The number of nitrogens with zero attached hydrogens (tertiary/aromatic N) is 1. The van der Waals surface area contributed by atoms with Crippen molar-refractivity contribution >= 4 is 0 Å². The summed E-state index contributed by atoms with van der Waals surface area (Å²) < 4.78 is 47.9. The Hall–Kier alpha value is -1.47. The van der Waals surface area contributed by atoms with Crippen molar-refractivity contribution in [2.45, 2.75) is 13.1 Å². The molecule has 0 aliphatic heterocycles. The standard InChI is InChI=1S/C14H20F3NO3/c1-2-20-12-5-3-4-6-13(12)21-10-8-18(7-9-19)11-14(15,16)17/h3-6,19H,2,7-11H2,1H3. The van der Waals surface area contributed by atoms with E-state index in [0.29, 0.717) is 18.1 Å². The topological polar surface area (TPSA) is 41.9 Å². The molecule has 1 aromatic rings. The van der Waals surface area contributed by atoms with Crippen molar-refractivity contribution in [1.29, 1.82) is 0 Å². The number of halogens is 3. The zero-order chi connectivity index (χ0) is 15.7. The van der Waals surface area contributed by atoms with Gasteiger partial charge in [-0.1, -0.05) is 12.1 Å². The number of ether oxygens (including phenoxy) is 2. The quantitative estimate of drug-likeness (QED) is 0.760. The van der Waals surface area contributed by atoms with Gasteiger partial charge >= 0.3 is 6.18 Å². The van der Waals surface area contributed by atoms with Crippen LogP contribution in [0.5, 0.6) is 11.5 Å². The molecule has 120 valence electrons. The molecule has 0 saturated heterocycles. The van der Waals surface area contributed by atoms with Crippen LogP contribution < -0.4 is 9.47 Å². The monoisotopic (exact) mass is 307 g/mol. The van der Waals surface area contributed by atoms with Gasteiger partial charge < -0.3 is 14.6 Å². The van der Waals surface area contributed by atoms with Crippen LogP contribution in [0.3, 0.4) is 0 Å². The lowest BCUT2D eigenvalue weighted by Gasteiger charge is -2.22. The van der Waals surface area contributed by atoms with Gasteiger partial charge in [0.1, 0.15) is 6.61 Å². The van der Waals surface area contributed by atoms with Gasteiger partial charge in [0.2, 0.25) is 0 Å². The molecular formula is C14H20F3NO3. The first-order chi connectivity index (χ1) is 9.96. The van der Waals surface area contributed by atoms with E-state index in [4.69, 9.17) is 14.6 Å². The van der Waals surface area contributed by atoms with E-state index < -0.39 is 12.7 Å². The van der Waals surface area contributed by atoms with E-state index in [9.17, 15) is 13.2 Å². The Labute approximate surface area is 122 Å². The maximum Gasteiger partial charge on any atom is 0.401 e.